The summed E-state index contributed by atoms with van der Waals surface area (Å²) in [5.74, 6) is 6.98. The highest BCUT2D eigenvalue weighted by Crippen LogP contribution is 2.25. The van der Waals surface area contributed by atoms with E-state index in [-0.39, 0.29) is 0 Å². The van der Waals surface area contributed by atoms with E-state index in [1.165, 1.54) is 11.1 Å². The van der Waals surface area contributed by atoms with Crippen LogP contribution in [-0.4, -0.2) is 9.97 Å². The molecule has 2 rings (SSSR count). The number of nitrogen functional groups attached to an aromatic ring is 1. The quantitative estimate of drug-likeness (QED) is 0.654. The molecule has 0 amide bonds. The van der Waals surface area contributed by atoms with Crippen LogP contribution in [0.5, 0.6) is 0 Å². The van der Waals surface area contributed by atoms with E-state index < -0.39 is 0 Å². The maximum Gasteiger partial charge on any atom is 0.162 e. The molecule has 19 heavy (non-hydrogen) atoms. The third-order valence-electron chi connectivity index (χ3n) is 3.35. The Kier molecular flexibility index (Phi) is 3.81. The van der Waals surface area contributed by atoms with Crippen LogP contribution in [0.4, 0.5) is 5.82 Å². The van der Waals surface area contributed by atoms with Gasteiger partial charge in [0.1, 0.15) is 5.82 Å². The largest absolute Gasteiger partial charge is 0.308 e. The molecule has 0 aliphatic rings. The van der Waals surface area contributed by atoms with Gasteiger partial charge < -0.3 is 5.43 Å². The topological polar surface area (TPSA) is 63.8 Å². The predicted octanol–water partition coefficient (Wildman–Crippen LogP) is 2.92. The van der Waals surface area contributed by atoms with Gasteiger partial charge in [-0.1, -0.05) is 24.6 Å². The predicted molar refractivity (Wildman–Crippen MR) is 78.9 cm³/mol. The minimum Gasteiger partial charge on any atom is -0.308 e. The molecule has 2 aromatic rings. The minimum atomic E-state index is 0.697. The van der Waals surface area contributed by atoms with Crippen molar-refractivity contribution in [3.05, 3.63) is 40.6 Å². The van der Waals surface area contributed by atoms with E-state index in [1.807, 2.05) is 6.92 Å². The molecule has 0 bridgehead atoms. The van der Waals surface area contributed by atoms with E-state index in [4.69, 9.17) is 5.84 Å². The van der Waals surface area contributed by atoms with Crippen LogP contribution in [-0.2, 0) is 6.42 Å². The zero-order valence-electron chi connectivity index (χ0n) is 11.9. The molecule has 0 unspecified atom stereocenters. The fraction of sp³-hybridized carbons (Fsp3) is 0.333. The van der Waals surface area contributed by atoms with E-state index in [0.29, 0.717) is 5.82 Å². The van der Waals surface area contributed by atoms with Gasteiger partial charge in [0, 0.05) is 16.8 Å². The fourth-order valence-electron chi connectivity index (χ4n) is 2.15. The van der Waals surface area contributed by atoms with Gasteiger partial charge in [0.25, 0.3) is 0 Å². The first kappa shape index (κ1) is 13.5. The fourth-order valence-corrected chi connectivity index (χ4v) is 2.15. The molecule has 3 N–H and O–H groups in total. The van der Waals surface area contributed by atoms with Crippen LogP contribution < -0.4 is 11.3 Å². The Hall–Kier alpha value is -1.94. The van der Waals surface area contributed by atoms with Crippen LogP contribution in [0.2, 0.25) is 0 Å². The molecule has 1 aromatic heterocycles. The monoisotopic (exact) mass is 256 g/mol. The molecule has 0 saturated carbocycles. The maximum atomic E-state index is 5.55. The van der Waals surface area contributed by atoms with Crippen molar-refractivity contribution in [1.82, 2.24) is 9.97 Å². The lowest BCUT2D eigenvalue weighted by molar-refractivity contribution is 0.972. The highest BCUT2D eigenvalue weighted by atomic mass is 15.3. The average Bonchev–Trinajstić information content (AvgIpc) is 2.42. The molecule has 0 aliphatic heterocycles. The number of nitrogens with one attached hydrogen (secondary N) is 1. The lowest BCUT2D eigenvalue weighted by Gasteiger charge is -2.12. The summed E-state index contributed by atoms with van der Waals surface area (Å²) in [6.45, 7) is 8.21. The smallest absolute Gasteiger partial charge is 0.162 e. The summed E-state index contributed by atoms with van der Waals surface area (Å²) in [6.07, 6.45) is 0.862. The lowest BCUT2D eigenvalue weighted by atomic mass is 10.0. The summed E-state index contributed by atoms with van der Waals surface area (Å²) in [7, 11) is 0. The van der Waals surface area contributed by atoms with Crippen molar-refractivity contribution in [3.63, 3.8) is 0 Å². The number of aryl methyl sites for hydroxylation is 3. The van der Waals surface area contributed by atoms with E-state index in [9.17, 15) is 0 Å². The Morgan fingerprint density at radius 1 is 1.16 bits per heavy atom. The van der Waals surface area contributed by atoms with Crippen molar-refractivity contribution in [2.75, 3.05) is 5.43 Å². The van der Waals surface area contributed by atoms with Gasteiger partial charge in [0.2, 0.25) is 0 Å². The number of benzene rings is 1. The van der Waals surface area contributed by atoms with Crippen molar-refractivity contribution in [3.8, 4) is 11.4 Å². The number of nitrogens with zero attached hydrogens (tertiary/aromatic N) is 2. The van der Waals surface area contributed by atoms with Gasteiger partial charge in [-0.05, 0) is 38.8 Å². The summed E-state index contributed by atoms with van der Waals surface area (Å²) < 4.78 is 0. The van der Waals surface area contributed by atoms with Gasteiger partial charge >= 0.3 is 0 Å². The Labute approximate surface area is 114 Å². The Bertz CT molecular complexity index is 580. The van der Waals surface area contributed by atoms with Crippen molar-refractivity contribution < 1.29 is 0 Å². The second-order valence-corrected chi connectivity index (χ2v) is 4.78. The number of nitrogens with two attached hydrogens (primary N) is 1. The average molecular weight is 256 g/mol. The molecule has 1 heterocycles. The van der Waals surface area contributed by atoms with Gasteiger partial charge in [0.15, 0.2) is 5.82 Å². The Morgan fingerprint density at radius 2 is 1.89 bits per heavy atom. The Balaban J connectivity index is 2.65. The molecule has 0 fully saturated rings. The highest BCUT2D eigenvalue weighted by Gasteiger charge is 2.12. The molecular formula is C15H20N4. The van der Waals surface area contributed by atoms with Crippen molar-refractivity contribution in [1.29, 1.82) is 0 Å². The standard InChI is InChI=1S/C15H20N4/c1-5-13-11(4)14(19-16)18-15(17-13)12-8-9(2)6-7-10(12)3/h6-8H,5,16H2,1-4H3,(H,17,18,19). The number of hydrazine groups is 1. The molecular weight excluding hydrogens is 236 g/mol. The van der Waals surface area contributed by atoms with Crippen molar-refractivity contribution in [2.45, 2.75) is 34.1 Å². The third-order valence-corrected chi connectivity index (χ3v) is 3.35. The van der Waals surface area contributed by atoms with E-state index in [0.717, 1.165) is 29.1 Å². The zero-order chi connectivity index (χ0) is 14.0. The minimum absolute atomic E-state index is 0.697. The summed E-state index contributed by atoms with van der Waals surface area (Å²) in [6, 6.07) is 6.30. The SMILES string of the molecule is CCc1nc(-c2cc(C)ccc2C)nc(NN)c1C. The number of anilines is 1. The third kappa shape index (κ3) is 2.58. The van der Waals surface area contributed by atoms with Crippen LogP contribution in [0, 0.1) is 20.8 Å². The molecule has 0 atom stereocenters. The molecule has 4 nitrogen and oxygen atoms in total. The normalized spacial score (nSPS) is 10.6. The zero-order valence-corrected chi connectivity index (χ0v) is 11.9. The number of aromatic nitrogens is 2. The van der Waals surface area contributed by atoms with Crippen LogP contribution in [0.1, 0.15) is 29.3 Å². The molecule has 100 valence electrons. The molecule has 0 aliphatic carbocycles. The van der Waals surface area contributed by atoms with Gasteiger partial charge in [-0.2, -0.15) is 0 Å². The first-order chi connectivity index (χ1) is 9.06. The van der Waals surface area contributed by atoms with Crippen LogP contribution >= 0.6 is 0 Å². The van der Waals surface area contributed by atoms with Crippen molar-refractivity contribution >= 4 is 5.82 Å². The lowest BCUT2D eigenvalue weighted by Crippen LogP contribution is -2.13. The van der Waals surface area contributed by atoms with E-state index >= 15 is 0 Å². The molecule has 4 heteroatoms. The van der Waals surface area contributed by atoms with E-state index in [2.05, 4.69) is 54.4 Å². The van der Waals surface area contributed by atoms with Gasteiger partial charge in [-0.3, -0.25) is 0 Å². The number of hydrogen-bond acceptors (Lipinski definition) is 4. The second-order valence-electron chi connectivity index (χ2n) is 4.78. The summed E-state index contributed by atoms with van der Waals surface area (Å²) in [5.41, 5.74) is 8.13. The summed E-state index contributed by atoms with van der Waals surface area (Å²) in [4.78, 5) is 9.19. The summed E-state index contributed by atoms with van der Waals surface area (Å²) in [5, 5.41) is 0. The summed E-state index contributed by atoms with van der Waals surface area (Å²) >= 11 is 0. The highest BCUT2D eigenvalue weighted by molar-refractivity contribution is 5.64. The van der Waals surface area contributed by atoms with Crippen LogP contribution in [0.3, 0.4) is 0 Å². The second kappa shape index (κ2) is 5.36. The number of hydrogen-bond donors (Lipinski definition) is 2. The maximum absolute atomic E-state index is 5.55. The van der Waals surface area contributed by atoms with Gasteiger partial charge in [-0.15, -0.1) is 0 Å². The van der Waals surface area contributed by atoms with Gasteiger partial charge in [-0.25, -0.2) is 15.8 Å². The molecule has 0 radical (unpaired) electrons. The Morgan fingerprint density at radius 3 is 2.53 bits per heavy atom. The molecule has 1 aromatic carbocycles. The first-order valence-electron chi connectivity index (χ1n) is 6.48. The van der Waals surface area contributed by atoms with E-state index in [1.54, 1.807) is 0 Å². The van der Waals surface area contributed by atoms with Crippen LogP contribution in [0.25, 0.3) is 11.4 Å². The molecule has 0 saturated heterocycles. The number of rotatable bonds is 3. The molecule has 0 spiro atoms. The van der Waals surface area contributed by atoms with Gasteiger partial charge in [0.05, 0.1) is 0 Å². The van der Waals surface area contributed by atoms with Crippen LogP contribution in [0.15, 0.2) is 18.2 Å². The van der Waals surface area contributed by atoms with Crippen molar-refractivity contribution in [2.24, 2.45) is 5.84 Å². The first-order valence-corrected chi connectivity index (χ1v) is 6.48.